The molecule has 31 heavy (non-hydrogen) atoms. The molecule has 0 aliphatic heterocycles. The van der Waals surface area contributed by atoms with E-state index in [0.29, 0.717) is 17.2 Å². The molecule has 0 aliphatic carbocycles. The number of imidazole rings is 1. The summed E-state index contributed by atoms with van der Waals surface area (Å²) in [5.41, 5.74) is 3.35. The van der Waals surface area contributed by atoms with Crippen molar-refractivity contribution in [1.29, 1.82) is 0 Å². The molecule has 0 fully saturated rings. The maximum absolute atomic E-state index is 12.3. The van der Waals surface area contributed by atoms with Gasteiger partial charge in [-0.3, -0.25) is 4.40 Å². The Morgan fingerprint density at radius 2 is 1.97 bits per heavy atom. The van der Waals surface area contributed by atoms with E-state index in [1.165, 1.54) is 0 Å². The third kappa shape index (κ3) is 4.49. The lowest BCUT2D eigenvalue weighted by Crippen LogP contribution is -2.36. The van der Waals surface area contributed by atoms with Crippen LogP contribution in [0.4, 0.5) is 23.7 Å². The lowest BCUT2D eigenvalue weighted by molar-refractivity contribution is -0.122. The van der Waals surface area contributed by atoms with Crippen LogP contribution in [0.1, 0.15) is 11.6 Å². The third-order valence-corrected chi connectivity index (χ3v) is 4.48. The van der Waals surface area contributed by atoms with Crippen LogP contribution in [0.25, 0.3) is 22.6 Å². The highest BCUT2D eigenvalue weighted by Gasteiger charge is 2.27. The van der Waals surface area contributed by atoms with Gasteiger partial charge in [0.15, 0.2) is 0 Å². The van der Waals surface area contributed by atoms with Crippen molar-refractivity contribution in [3.63, 3.8) is 0 Å². The molecule has 0 bridgehead atoms. The number of pyridine rings is 1. The first-order valence-electron chi connectivity index (χ1n) is 9.29. The van der Waals surface area contributed by atoms with Gasteiger partial charge in [0.2, 0.25) is 0 Å². The maximum atomic E-state index is 12.3. The number of rotatable bonds is 4. The fourth-order valence-electron chi connectivity index (χ4n) is 3.19. The molecule has 11 heteroatoms. The lowest BCUT2D eigenvalue weighted by Gasteiger charge is -2.11. The number of benzene rings is 1. The van der Waals surface area contributed by atoms with Crippen LogP contribution >= 0.6 is 0 Å². The SMILES string of the molecule is Cc1nc(C)n(-c2ccn3c(-c4cccc(NC(=O)NCC(F)(F)F)c4)cnc3c2)n1. The minimum Gasteiger partial charge on any atom is -0.329 e. The van der Waals surface area contributed by atoms with Gasteiger partial charge in [-0.15, -0.1) is 0 Å². The zero-order chi connectivity index (χ0) is 22.2. The summed E-state index contributed by atoms with van der Waals surface area (Å²) in [5.74, 6) is 1.43. The van der Waals surface area contributed by atoms with Crippen LogP contribution < -0.4 is 10.6 Å². The first-order valence-corrected chi connectivity index (χ1v) is 9.29. The molecule has 0 saturated heterocycles. The standard InChI is InChI=1S/C20H18F3N7O/c1-12-26-13(2)30(28-12)16-6-7-29-17(10-24-18(29)9-16)14-4-3-5-15(8-14)27-19(31)25-11-20(21,22)23/h3-10H,11H2,1-2H3,(H2,25,27,31). The van der Waals surface area contributed by atoms with Crippen molar-refractivity contribution < 1.29 is 18.0 Å². The zero-order valence-electron chi connectivity index (χ0n) is 16.6. The number of hydrogen-bond acceptors (Lipinski definition) is 4. The van der Waals surface area contributed by atoms with E-state index in [-0.39, 0.29) is 0 Å². The van der Waals surface area contributed by atoms with Gasteiger partial charge in [0.05, 0.1) is 17.6 Å². The largest absolute Gasteiger partial charge is 0.405 e. The molecule has 0 atom stereocenters. The van der Waals surface area contributed by atoms with Crippen molar-refractivity contribution in [2.24, 2.45) is 0 Å². The number of anilines is 1. The van der Waals surface area contributed by atoms with Crippen molar-refractivity contribution in [3.05, 3.63) is 60.4 Å². The number of halogens is 3. The van der Waals surface area contributed by atoms with Crippen LogP contribution in [0.2, 0.25) is 0 Å². The molecule has 0 aliphatic rings. The van der Waals surface area contributed by atoms with Crippen molar-refractivity contribution in [1.82, 2.24) is 29.5 Å². The summed E-state index contributed by atoms with van der Waals surface area (Å²) in [6.07, 6.45) is -0.945. The molecule has 4 aromatic rings. The number of alkyl halides is 3. The second-order valence-electron chi connectivity index (χ2n) is 6.88. The second kappa shape index (κ2) is 7.74. The van der Waals surface area contributed by atoms with Crippen LogP contribution in [-0.4, -0.2) is 42.9 Å². The van der Waals surface area contributed by atoms with Crippen LogP contribution in [-0.2, 0) is 0 Å². The monoisotopic (exact) mass is 429 g/mol. The number of urea groups is 1. The van der Waals surface area contributed by atoms with Gasteiger partial charge >= 0.3 is 12.2 Å². The van der Waals surface area contributed by atoms with Crippen LogP contribution in [0.15, 0.2) is 48.8 Å². The topological polar surface area (TPSA) is 89.1 Å². The van der Waals surface area contributed by atoms with Crippen LogP contribution in [0.3, 0.4) is 0 Å². The number of aromatic nitrogens is 5. The lowest BCUT2D eigenvalue weighted by atomic mass is 10.1. The molecule has 3 heterocycles. The Hall–Kier alpha value is -3.89. The minimum absolute atomic E-state index is 0.359. The number of nitrogens with one attached hydrogen (secondary N) is 2. The maximum Gasteiger partial charge on any atom is 0.405 e. The molecule has 0 spiro atoms. The summed E-state index contributed by atoms with van der Waals surface area (Å²) < 4.78 is 40.4. The Bertz CT molecular complexity index is 1260. The Kier molecular flexibility index (Phi) is 5.09. The van der Waals surface area contributed by atoms with Gasteiger partial charge in [-0.05, 0) is 32.0 Å². The molecule has 0 unspecified atom stereocenters. The number of carbonyl (C=O) groups excluding carboxylic acids is 1. The third-order valence-electron chi connectivity index (χ3n) is 4.48. The molecule has 1 aromatic carbocycles. The minimum atomic E-state index is -4.47. The number of aryl methyl sites for hydroxylation is 2. The summed E-state index contributed by atoms with van der Waals surface area (Å²) >= 11 is 0. The van der Waals surface area contributed by atoms with Gasteiger partial charge in [-0.1, -0.05) is 12.1 Å². The smallest absolute Gasteiger partial charge is 0.329 e. The number of fused-ring (bicyclic) bond motifs is 1. The van der Waals surface area contributed by atoms with Crippen molar-refractivity contribution >= 4 is 17.4 Å². The number of hydrogen-bond donors (Lipinski definition) is 2. The van der Waals surface area contributed by atoms with Crippen LogP contribution in [0.5, 0.6) is 0 Å². The number of amides is 2. The van der Waals surface area contributed by atoms with Gasteiger partial charge in [-0.25, -0.2) is 19.4 Å². The van der Waals surface area contributed by atoms with Gasteiger partial charge < -0.3 is 10.6 Å². The Labute approximate surface area is 174 Å². The molecular weight excluding hydrogens is 411 g/mol. The second-order valence-corrected chi connectivity index (χ2v) is 6.88. The van der Waals surface area contributed by atoms with Gasteiger partial charge in [0, 0.05) is 23.5 Å². The molecule has 2 amide bonds. The molecular formula is C20H18F3N7O. The predicted octanol–water partition coefficient (Wildman–Crippen LogP) is 3.88. The van der Waals surface area contributed by atoms with Gasteiger partial charge in [-0.2, -0.15) is 18.3 Å². The average Bonchev–Trinajstić information content (AvgIpc) is 3.28. The van der Waals surface area contributed by atoms with E-state index < -0.39 is 18.8 Å². The molecule has 160 valence electrons. The zero-order valence-corrected chi connectivity index (χ0v) is 16.6. The van der Waals surface area contributed by atoms with E-state index >= 15 is 0 Å². The Balaban J connectivity index is 1.58. The summed E-state index contributed by atoms with van der Waals surface area (Å²) in [6.45, 7) is 2.28. The van der Waals surface area contributed by atoms with E-state index in [0.717, 1.165) is 22.8 Å². The van der Waals surface area contributed by atoms with Crippen LogP contribution in [0, 0.1) is 13.8 Å². The Morgan fingerprint density at radius 3 is 2.68 bits per heavy atom. The summed E-state index contributed by atoms with van der Waals surface area (Å²) in [6, 6.07) is 9.59. The molecule has 2 N–H and O–H groups in total. The van der Waals surface area contributed by atoms with E-state index in [9.17, 15) is 18.0 Å². The number of nitrogens with zero attached hydrogens (tertiary/aromatic N) is 5. The summed E-state index contributed by atoms with van der Waals surface area (Å²) in [4.78, 5) is 20.5. The van der Waals surface area contributed by atoms with Crippen molar-refractivity contribution in [2.75, 3.05) is 11.9 Å². The molecule has 3 aromatic heterocycles. The summed E-state index contributed by atoms with van der Waals surface area (Å²) in [7, 11) is 0. The quantitative estimate of drug-likeness (QED) is 0.515. The van der Waals surface area contributed by atoms with E-state index in [1.807, 2.05) is 42.6 Å². The Morgan fingerprint density at radius 1 is 1.16 bits per heavy atom. The normalized spacial score (nSPS) is 11.6. The molecule has 4 rings (SSSR count). The highest BCUT2D eigenvalue weighted by atomic mass is 19.4. The van der Waals surface area contributed by atoms with Gasteiger partial charge in [0.25, 0.3) is 0 Å². The highest BCUT2D eigenvalue weighted by molar-refractivity contribution is 5.90. The van der Waals surface area contributed by atoms with E-state index in [2.05, 4.69) is 20.4 Å². The first-order chi connectivity index (χ1) is 14.7. The van der Waals surface area contributed by atoms with E-state index in [4.69, 9.17) is 0 Å². The average molecular weight is 429 g/mol. The van der Waals surface area contributed by atoms with E-state index in [1.54, 1.807) is 34.4 Å². The molecule has 0 radical (unpaired) electrons. The summed E-state index contributed by atoms with van der Waals surface area (Å²) in [5, 5.41) is 8.56. The highest BCUT2D eigenvalue weighted by Crippen LogP contribution is 2.25. The fraction of sp³-hybridized carbons (Fsp3) is 0.200. The first kappa shape index (κ1) is 20.4. The number of carbonyl (C=O) groups is 1. The predicted molar refractivity (Wildman–Crippen MR) is 108 cm³/mol. The van der Waals surface area contributed by atoms with Crippen molar-refractivity contribution in [2.45, 2.75) is 20.0 Å². The molecule has 8 nitrogen and oxygen atoms in total. The fourth-order valence-corrected chi connectivity index (χ4v) is 3.19. The van der Waals surface area contributed by atoms with Crippen molar-refractivity contribution in [3.8, 4) is 16.9 Å². The molecule has 0 saturated carbocycles. The van der Waals surface area contributed by atoms with Gasteiger partial charge in [0.1, 0.15) is 23.8 Å².